The van der Waals surface area contributed by atoms with Crippen molar-refractivity contribution >= 4 is 0 Å². The fourth-order valence-electron chi connectivity index (χ4n) is 5.98. The van der Waals surface area contributed by atoms with Gasteiger partial charge in [-0.3, -0.25) is 0 Å². The van der Waals surface area contributed by atoms with Gasteiger partial charge in [-0.1, -0.05) is 52.9 Å². The summed E-state index contributed by atoms with van der Waals surface area (Å²) in [5.41, 5.74) is 0.536. The maximum Gasteiger partial charge on any atom is -0.0352 e. The van der Waals surface area contributed by atoms with E-state index in [1.165, 1.54) is 32.1 Å². The predicted octanol–water partition coefficient (Wildman–Crippen LogP) is 6.06. The highest BCUT2D eigenvalue weighted by Gasteiger charge is 2.46. The topological polar surface area (TPSA) is 0 Å². The highest BCUT2D eigenvalue weighted by Crippen LogP contribution is 2.55. The molecule has 3 aliphatic carbocycles. The standard InChI is InChI=1S/C19H34/c1-19(2,3)13-15-12-14-8-4-5-9-16(14)18-11-7-6-10-17(15)18/h14-18H,4-13H2,1-3H3. The van der Waals surface area contributed by atoms with Crippen LogP contribution < -0.4 is 0 Å². The molecule has 5 unspecified atom stereocenters. The monoisotopic (exact) mass is 262 g/mol. The van der Waals surface area contributed by atoms with Gasteiger partial charge in [0.25, 0.3) is 0 Å². The van der Waals surface area contributed by atoms with Crippen LogP contribution in [0.1, 0.15) is 85.0 Å². The lowest BCUT2D eigenvalue weighted by molar-refractivity contribution is -0.0272. The maximum absolute atomic E-state index is 2.46. The van der Waals surface area contributed by atoms with Crippen molar-refractivity contribution in [2.75, 3.05) is 0 Å². The summed E-state index contributed by atoms with van der Waals surface area (Å²) in [7, 11) is 0. The molecule has 0 saturated heterocycles. The van der Waals surface area contributed by atoms with Crippen LogP contribution in [0, 0.1) is 35.0 Å². The fraction of sp³-hybridized carbons (Fsp3) is 1.00. The van der Waals surface area contributed by atoms with Gasteiger partial charge in [-0.15, -0.1) is 0 Å². The molecular weight excluding hydrogens is 228 g/mol. The Bertz CT molecular complexity index is 298. The molecule has 19 heavy (non-hydrogen) atoms. The average molecular weight is 262 g/mol. The summed E-state index contributed by atoms with van der Waals surface area (Å²) >= 11 is 0. The van der Waals surface area contributed by atoms with E-state index in [0.29, 0.717) is 5.41 Å². The van der Waals surface area contributed by atoms with Crippen LogP contribution >= 0.6 is 0 Å². The Labute approximate surface area is 120 Å². The minimum atomic E-state index is 0.536. The van der Waals surface area contributed by atoms with Gasteiger partial charge in [-0.25, -0.2) is 0 Å². The molecule has 110 valence electrons. The van der Waals surface area contributed by atoms with Crippen molar-refractivity contribution in [2.45, 2.75) is 85.0 Å². The zero-order chi connectivity index (χ0) is 13.5. The van der Waals surface area contributed by atoms with Crippen LogP contribution in [-0.4, -0.2) is 0 Å². The fourth-order valence-corrected chi connectivity index (χ4v) is 5.98. The van der Waals surface area contributed by atoms with Crippen LogP contribution in [0.4, 0.5) is 0 Å². The lowest BCUT2D eigenvalue weighted by Crippen LogP contribution is -2.44. The van der Waals surface area contributed by atoms with E-state index >= 15 is 0 Å². The third-order valence-corrected chi connectivity index (χ3v) is 6.48. The molecule has 3 fully saturated rings. The summed E-state index contributed by atoms with van der Waals surface area (Å²) in [5, 5.41) is 0. The Morgan fingerprint density at radius 2 is 1.32 bits per heavy atom. The van der Waals surface area contributed by atoms with Crippen LogP contribution in [-0.2, 0) is 0 Å². The second-order valence-electron chi connectivity index (χ2n) is 9.08. The lowest BCUT2D eigenvalue weighted by Gasteiger charge is -2.53. The molecular formula is C19H34. The van der Waals surface area contributed by atoms with Crippen molar-refractivity contribution in [1.82, 2.24) is 0 Å². The molecule has 0 heteroatoms. The van der Waals surface area contributed by atoms with Crippen LogP contribution in [0.15, 0.2) is 0 Å². The van der Waals surface area contributed by atoms with Gasteiger partial charge in [0.05, 0.1) is 0 Å². The van der Waals surface area contributed by atoms with Gasteiger partial charge >= 0.3 is 0 Å². The summed E-state index contributed by atoms with van der Waals surface area (Å²) in [5.74, 6) is 5.54. The Balaban J connectivity index is 1.77. The van der Waals surface area contributed by atoms with E-state index in [0.717, 1.165) is 29.6 Å². The van der Waals surface area contributed by atoms with E-state index in [-0.39, 0.29) is 0 Å². The quantitative estimate of drug-likeness (QED) is 0.539. The van der Waals surface area contributed by atoms with Crippen LogP contribution in [0.25, 0.3) is 0 Å². The molecule has 0 N–H and O–H groups in total. The molecule has 0 aromatic heterocycles. The molecule has 3 saturated carbocycles. The van der Waals surface area contributed by atoms with Gasteiger partial charge in [-0.2, -0.15) is 0 Å². The largest absolute Gasteiger partial charge is 0.0602 e. The van der Waals surface area contributed by atoms with Gasteiger partial charge in [0.2, 0.25) is 0 Å². The molecule has 0 aliphatic heterocycles. The van der Waals surface area contributed by atoms with Gasteiger partial charge in [0.1, 0.15) is 0 Å². The van der Waals surface area contributed by atoms with Crippen molar-refractivity contribution in [3.63, 3.8) is 0 Å². The molecule has 0 bridgehead atoms. The molecule has 0 nitrogen and oxygen atoms in total. The summed E-state index contributed by atoms with van der Waals surface area (Å²) < 4.78 is 0. The summed E-state index contributed by atoms with van der Waals surface area (Å²) in [6.45, 7) is 7.37. The van der Waals surface area contributed by atoms with E-state index in [2.05, 4.69) is 20.8 Å². The van der Waals surface area contributed by atoms with Crippen molar-refractivity contribution in [2.24, 2.45) is 35.0 Å². The van der Waals surface area contributed by atoms with Crippen molar-refractivity contribution < 1.29 is 0 Å². The number of fused-ring (bicyclic) bond motifs is 3. The Hall–Kier alpha value is 0. The second-order valence-corrected chi connectivity index (χ2v) is 9.08. The van der Waals surface area contributed by atoms with E-state index in [1.807, 2.05) is 0 Å². The first-order valence-electron chi connectivity index (χ1n) is 9.04. The molecule has 0 aromatic carbocycles. The van der Waals surface area contributed by atoms with E-state index in [4.69, 9.17) is 0 Å². The van der Waals surface area contributed by atoms with E-state index < -0.39 is 0 Å². The van der Waals surface area contributed by atoms with Crippen molar-refractivity contribution in [1.29, 1.82) is 0 Å². The molecule has 5 atom stereocenters. The Morgan fingerprint density at radius 1 is 0.737 bits per heavy atom. The molecule has 0 heterocycles. The average Bonchev–Trinajstić information content (AvgIpc) is 2.37. The Kier molecular flexibility index (Phi) is 3.98. The molecule has 0 radical (unpaired) electrons. The Morgan fingerprint density at radius 3 is 2.00 bits per heavy atom. The van der Waals surface area contributed by atoms with Crippen molar-refractivity contribution in [3.05, 3.63) is 0 Å². The van der Waals surface area contributed by atoms with Crippen molar-refractivity contribution in [3.8, 4) is 0 Å². The number of rotatable bonds is 1. The van der Waals surface area contributed by atoms with Gasteiger partial charge in [-0.05, 0) is 67.1 Å². The molecule has 0 aromatic rings. The molecule has 3 rings (SSSR count). The third kappa shape index (κ3) is 3.03. The minimum Gasteiger partial charge on any atom is -0.0602 e. The van der Waals surface area contributed by atoms with Crippen LogP contribution in [0.2, 0.25) is 0 Å². The second kappa shape index (κ2) is 5.41. The first-order chi connectivity index (χ1) is 9.04. The van der Waals surface area contributed by atoms with Crippen LogP contribution in [0.5, 0.6) is 0 Å². The first-order valence-corrected chi connectivity index (χ1v) is 9.04. The molecule has 0 spiro atoms. The van der Waals surface area contributed by atoms with Gasteiger partial charge in [0, 0.05) is 0 Å². The highest BCUT2D eigenvalue weighted by atomic mass is 14.5. The number of hydrogen-bond acceptors (Lipinski definition) is 0. The van der Waals surface area contributed by atoms with E-state index in [9.17, 15) is 0 Å². The zero-order valence-corrected chi connectivity index (χ0v) is 13.5. The van der Waals surface area contributed by atoms with Crippen LogP contribution in [0.3, 0.4) is 0 Å². The normalized spacial score (nSPS) is 43.4. The SMILES string of the molecule is CC(C)(C)CC1CC2CCCCC2C2CCCCC12. The highest BCUT2D eigenvalue weighted by molar-refractivity contribution is 4.96. The zero-order valence-electron chi connectivity index (χ0n) is 13.5. The lowest BCUT2D eigenvalue weighted by atomic mass is 9.53. The smallest absolute Gasteiger partial charge is 0.0352 e. The molecule has 0 amide bonds. The maximum atomic E-state index is 2.46. The third-order valence-electron chi connectivity index (χ3n) is 6.48. The van der Waals surface area contributed by atoms with Gasteiger partial charge < -0.3 is 0 Å². The number of hydrogen-bond donors (Lipinski definition) is 0. The summed E-state index contributed by atoms with van der Waals surface area (Å²) in [4.78, 5) is 0. The van der Waals surface area contributed by atoms with Gasteiger partial charge in [0.15, 0.2) is 0 Å². The summed E-state index contributed by atoms with van der Waals surface area (Å²) in [6, 6.07) is 0. The predicted molar refractivity (Wildman–Crippen MR) is 83.1 cm³/mol. The minimum absolute atomic E-state index is 0.536. The molecule has 3 aliphatic rings. The van der Waals surface area contributed by atoms with E-state index in [1.54, 1.807) is 32.1 Å². The first kappa shape index (κ1) is 14.0. The summed E-state index contributed by atoms with van der Waals surface area (Å²) in [6.07, 6.45) is 15.5.